The van der Waals surface area contributed by atoms with Crippen LogP contribution in [0.4, 0.5) is 23.0 Å². The minimum atomic E-state index is -4.47. The first kappa shape index (κ1) is 50.5. The molecule has 8 aromatic rings. The van der Waals surface area contributed by atoms with Crippen LogP contribution < -0.4 is 37.1 Å². The molecule has 15 N–H and O–H groups in total. The Hall–Kier alpha value is -8.03. The van der Waals surface area contributed by atoms with Crippen LogP contribution in [0, 0.1) is 0 Å². The molecule has 0 unspecified atom stereocenters. The van der Waals surface area contributed by atoms with Crippen LogP contribution in [0.15, 0.2) is 115 Å². The smallest absolute Gasteiger partial charge is 0.301 e. The number of imidazole rings is 2. The summed E-state index contributed by atoms with van der Waals surface area (Å²) in [6.45, 7) is -1.92. The number of hydrogen-bond donors (Lipinski definition) is 11. The summed E-state index contributed by atoms with van der Waals surface area (Å²) < 4.78 is 72.1. The average Bonchev–Trinajstić information content (AvgIpc) is 4.19. The molecule has 0 spiro atoms. The molecule has 2 aliphatic rings. The van der Waals surface area contributed by atoms with Crippen molar-refractivity contribution in [3.63, 3.8) is 0 Å². The molecule has 28 heteroatoms. The Labute approximate surface area is 426 Å². The minimum Gasteiger partial charge on any atom is -0.398 e. The van der Waals surface area contributed by atoms with Gasteiger partial charge in [0.05, 0.1) is 31.4 Å². The lowest BCUT2D eigenvalue weighted by Gasteiger charge is -2.28. The molecule has 2 saturated heterocycles. The van der Waals surface area contributed by atoms with Gasteiger partial charge in [0, 0.05) is 46.6 Å². The molecular weight excluding hydrogens is 1010 g/mol. The third-order valence-corrected chi connectivity index (χ3v) is 14.9. The number of benzene rings is 4. The van der Waals surface area contributed by atoms with Crippen molar-refractivity contribution in [2.75, 3.05) is 49.2 Å². The summed E-state index contributed by atoms with van der Waals surface area (Å²) >= 11 is 0. The van der Waals surface area contributed by atoms with Gasteiger partial charge in [0.25, 0.3) is 5.91 Å². The van der Waals surface area contributed by atoms with Gasteiger partial charge in [-0.05, 0) is 29.3 Å². The number of carbonyl (C=O) groups excluding carboxylic acids is 1. The lowest BCUT2D eigenvalue weighted by atomic mass is 9.99. The van der Waals surface area contributed by atoms with Crippen molar-refractivity contribution in [3.8, 4) is 33.9 Å². The number of aromatic nitrogens is 8. The zero-order valence-corrected chi connectivity index (χ0v) is 40.7. The maximum absolute atomic E-state index is 13.3. The Kier molecular flexibility index (Phi) is 13.0. The first-order valence-corrected chi connectivity index (χ1v) is 25.7. The van der Waals surface area contributed by atoms with Crippen molar-refractivity contribution >= 4 is 77.6 Å². The number of ether oxygens (including phenoxy) is 2. The Morgan fingerprint density at radius 3 is 1.76 bits per heavy atom. The fraction of sp³-hybridized carbons (Fsp3) is 0.213. The summed E-state index contributed by atoms with van der Waals surface area (Å²) in [6, 6.07) is 26.8. The Balaban J connectivity index is 0.794. The van der Waals surface area contributed by atoms with Crippen LogP contribution in [-0.4, -0.2) is 133 Å². The second kappa shape index (κ2) is 19.3. The average molecular weight is 1060 g/mol. The van der Waals surface area contributed by atoms with Gasteiger partial charge in [-0.1, -0.05) is 84.9 Å². The number of nitrogens with zero attached hydrogens (tertiary/aromatic N) is 8. The molecule has 0 bridgehead atoms. The van der Waals surface area contributed by atoms with Gasteiger partial charge in [-0.2, -0.15) is 13.1 Å². The van der Waals surface area contributed by atoms with Crippen LogP contribution in [0.25, 0.3) is 62.3 Å². The second-order valence-corrected chi connectivity index (χ2v) is 20.8. The van der Waals surface area contributed by atoms with Gasteiger partial charge >= 0.3 is 10.2 Å². The third-order valence-electron chi connectivity index (χ3n) is 12.8. The van der Waals surface area contributed by atoms with Gasteiger partial charge in [-0.3, -0.25) is 13.9 Å². The van der Waals surface area contributed by atoms with E-state index in [9.17, 15) is 42.1 Å². The molecule has 6 atom stereocenters. The molecule has 1 amide bonds. The van der Waals surface area contributed by atoms with Crippen LogP contribution in [0.3, 0.4) is 0 Å². The van der Waals surface area contributed by atoms with Gasteiger partial charge < -0.3 is 52.8 Å². The first-order valence-electron chi connectivity index (χ1n) is 22.7. The number of aliphatic hydroxyl groups is 4. The van der Waals surface area contributed by atoms with Gasteiger partial charge in [0.2, 0.25) is 10.0 Å². The normalized spacial score (nSPS) is 22.1. The summed E-state index contributed by atoms with van der Waals surface area (Å²) in [5.74, 6) is -0.610. The van der Waals surface area contributed by atoms with Crippen LogP contribution in [0.2, 0.25) is 0 Å². The van der Waals surface area contributed by atoms with E-state index >= 15 is 0 Å². The standard InChI is InChI=1S/C47H47N15O11S2/c48-31-12-5-4-10-30(31)45(65)60-75(70,71)55-20-33-38(64)47(67,22-73-33)62-24-53-36-40(51)57-42(59-44(36)62)28-15-13-25(14-16-28)29-11-6-9-26(34(29)49)17-18-74(68,69)54-19-32-37(63)46(66,21-72-32)61-23-52-35-39(50)56-41(58-43(35)61)27-7-2-1-3-8-27/h1-18,23-24,32-33,37-38,54-55,63-64,66-67H,19-22,48-49H2,(H,60,65)(H2,50,56,58)(H2,51,57,59)/b18-17+/t32-,33-,37-,38-,46-,47-/m1/s1. The molecular formula is C47H47N15O11S2. The van der Waals surface area contributed by atoms with E-state index < -0.39 is 88.3 Å². The summed E-state index contributed by atoms with van der Waals surface area (Å²) in [5.41, 5.74) is 23.9. The quantitative estimate of drug-likeness (QED) is 0.0600. The number of nitrogens with two attached hydrogens (primary N) is 4. The van der Waals surface area contributed by atoms with Crippen molar-refractivity contribution in [1.82, 2.24) is 53.2 Å². The Morgan fingerprint density at radius 2 is 1.19 bits per heavy atom. The van der Waals surface area contributed by atoms with Gasteiger partial charge in [-0.25, -0.2) is 47.8 Å². The highest BCUT2D eigenvalue weighted by Gasteiger charge is 2.52. The van der Waals surface area contributed by atoms with Gasteiger partial charge in [0.1, 0.15) is 35.4 Å². The molecule has 0 aliphatic carbocycles. The lowest BCUT2D eigenvalue weighted by molar-refractivity contribution is -0.107. The van der Waals surface area contributed by atoms with Crippen molar-refractivity contribution in [2.45, 2.75) is 35.9 Å². The second-order valence-electron chi connectivity index (χ2n) is 17.6. The van der Waals surface area contributed by atoms with E-state index in [4.69, 9.17) is 32.4 Å². The fourth-order valence-electron chi connectivity index (χ4n) is 8.73. The highest BCUT2D eigenvalue weighted by molar-refractivity contribution is 7.92. The van der Waals surface area contributed by atoms with Crippen LogP contribution in [0.5, 0.6) is 0 Å². The van der Waals surface area contributed by atoms with E-state index in [-0.39, 0.29) is 62.6 Å². The molecule has 75 heavy (non-hydrogen) atoms. The van der Waals surface area contributed by atoms with Crippen molar-refractivity contribution in [3.05, 3.63) is 126 Å². The van der Waals surface area contributed by atoms with Crippen molar-refractivity contribution in [1.29, 1.82) is 0 Å². The number of hydrogen-bond acceptors (Lipinski definition) is 21. The number of aliphatic hydroxyl groups excluding tert-OH is 2. The van der Waals surface area contributed by atoms with E-state index in [1.54, 1.807) is 72.8 Å². The third kappa shape index (κ3) is 9.57. The molecule has 2 fully saturated rings. The predicted octanol–water partition coefficient (Wildman–Crippen LogP) is -0.0399. The monoisotopic (exact) mass is 1060 g/mol. The molecule has 0 saturated carbocycles. The maximum Gasteiger partial charge on any atom is 0.301 e. The van der Waals surface area contributed by atoms with Crippen molar-refractivity contribution in [2.24, 2.45) is 0 Å². The first-order chi connectivity index (χ1) is 35.7. The maximum atomic E-state index is 13.3. The SMILES string of the molecule is Nc1ccccc1C(=O)NS(=O)(=O)NC[C@H]1OC[C@](O)(n2cnc3c(N)nc(-c4ccc(-c5cccc(/C=C/S(=O)(=O)NC[C@H]6OC[C@](O)(n7cnc8c(N)nc(-c9ccccc9)nc87)[C@@H]6O)c5N)cc4)nc32)[C@@H]1O. The molecule has 2 aliphatic heterocycles. The van der Waals surface area contributed by atoms with Crippen LogP contribution >= 0.6 is 0 Å². The summed E-state index contributed by atoms with van der Waals surface area (Å²) in [5, 5.41) is 47.0. The molecule has 10 rings (SSSR count). The summed E-state index contributed by atoms with van der Waals surface area (Å²) in [6.07, 6.45) is -2.11. The van der Waals surface area contributed by atoms with Gasteiger partial charge in [-0.15, -0.1) is 0 Å². The Morgan fingerprint density at radius 1 is 0.667 bits per heavy atom. The number of para-hydroxylation sites is 2. The van der Waals surface area contributed by atoms with Crippen LogP contribution in [-0.2, 0) is 41.2 Å². The number of fused-ring (bicyclic) bond motifs is 2. The molecule has 0 radical (unpaired) electrons. The molecule has 6 heterocycles. The fourth-order valence-corrected chi connectivity index (χ4v) is 10.4. The van der Waals surface area contributed by atoms with E-state index in [0.717, 1.165) is 9.98 Å². The highest BCUT2D eigenvalue weighted by atomic mass is 32.2. The Bertz CT molecular complexity index is 3770. The number of anilines is 4. The molecule has 4 aromatic carbocycles. The van der Waals surface area contributed by atoms with E-state index in [1.807, 2.05) is 10.8 Å². The zero-order chi connectivity index (χ0) is 53.0. The molecule has 388 valence electrons. The number of nitrogen functional groups attached to an aromatic ring is 4. The lowest BCUT2D eigenvalue weighted by Crippen LogP contribution is -2.50. The molecule has 26 nitrogen and oxygen atoms in total. The summed E-state index contributed by atoms with van der Waals surface area (Å²) in [7, 11) is -8.64. The predicted molar refractivity (Wildman–Crippen MR) is 273 cm³/mol. The van der Waals surface area contributed by atoms with E-state index in [0.29, 0.717) is 27.8 Å². The highest BCUT2D eigenvalue weighted by Crippen LogP contribution is 2.36. The van der Waals surface area contributed by atoms with Gasteiger partial charge in [0.15, 0.2) is 46.0 Å². The van der Waals surface area contributed by atoms with E-state index in [2.05, 4.69) is 39.3 Å². The van der Waals surface area contributed by atoms with Crippen molar-refractivity contribution < 1.29 is 51.5 Å². The number of nitrogens with one attached hydrogen (secondary N) is 3. The number of sulfonamides is 1. The number of carbonyl (C=O) groups is 1. The summed E-state index contributed by atoms with van der Waals surface area (Å²) in [4.78, 5) is 39.0. The zero-order valence-electron chi connectivity index (χ0n) is 39.0. The number of amides is 1. The largest absolute Gasteiger partial charge is 0.398 e. The number of rotatable bonds is 15. The minimum absolute atomic E-state index is 0.0183. The van der Waals surface area contributed by atoms with Crippen LogP contribution in [0.1, 0.15) is 15.9 Å². The topological polar surface area (TPSA) is 412 Å². The molecule has 4 aromatic heterocycles. The van der Waals surface area contributed by atoms with E-state index in [1.165, 1.54) is 41.5 Å².